The van der Waals surface area contributed by atoms with Crippen molar-refractivity contribution in [2.45, 2.75) is 13.0 Å². The second-order valence-corrected chi connectivity index (χ2v) is 6.04. The summed E-state index contributed by atoms with van der Waals surface area (Å²) >= 11 is 5.86. The van der Waals surface area contributed by atoms with Crippen molar-refractivity contribution in [3.63, 3.8) is 0 Å². The molecule has 1 atom stereocenters. The molecular formula is C19H16ClFN2O2. The maximum absolute atomic E-state index is 13.5. The van der Waals surface area contributed by atoms with Crippen molar-refractivity contribution in [1.82, 2.24) is 10.3 Å². The van der Waals surface area contributed by atoms with Gasteiger partial charge in [-0.15, -0.1) is 0 Å². The summed E-state index contributed by atoms with van der Waals surface area (Å²) in [5, 5.41) is 4.06. The number of ether oxygens (including phenoxy) is 1. The van der Waals surface area contributed by atoms with Crippen LogP contribution in [0.1, 0.15) is 17.3 Å². The molecule has 1 amide bonds. The third-order valence-electron chi connectivity index (χ3n) is 3.62. The number of nitrogens with one attached hydrogen (secondary N) is 1. The first-order valence-electron chi connectivity index (χ1n) is 7.77. The Labute approximate surface area is 149 Å². The molecule has 1 unspecified atom stereocenters. The standard InChI is InChI=1S/C19H16ClFN2O2/c1-12(11-25-17-5-3-2-4-15(17)21)22-19(24)14-6-8-16-13(10-14)7-9-18(20)23-16/h2-10,12H,11H2,1H3,(H,22,24). The van der Waals surface area contributed by atoms with Crippen molar-refractivity contribution >= 4 is 28.4 Å². The average molecular weight is 359 g/mol. The van der Waals surface area contributed by atoms with Crippen LogP contribution in [0.15, 0.2) is 54.6 Å². The maximum Gasteiger partial charge on any atom is 0.251 e. The lowest BCUT2D eigenvalue weighted by molar-refractivity contribution is 0.0926. The first-order chi connectivity index (χ1) is 12.0. The molecule has 3 aromatic rings. The second kappa shape index (κ2) is 7.49. The van der Waals surface area contributed by atoms with Crippen LogP contribution in [0, 0.1) is 5.82 Å². The maximum atomic E-state index is 13.5. The monoisotopic (exact) mass is 358 g/mol. The van der Waals surface area contributed by atoms with Crippen molar-refractivity contribution in [2.24, 2.45) is 0 Å². The Morgan fingerprint density at radius 1 is 1.24 bits per heavy atom. The van der Waals surface area contributed by atoms with Crippen molar-refractivity contribution in [3.05, 3.63) is 71.1 Å². The first kappa shape index (κ1) is 17.2. The lowest BCUT2D eigenvalue weighted by Crippen LogP contribution is -2.36. The van der Waals surface area contributed by atoms with E-state index in [2.05, 4.69) is 10.3 Å². The number of benzene rings is 2. The SMILES string of the molecule is CC(COc1ccccc1F)NC(=O)c1ccc2nc(Cl)ccc2c1. The highest BCUT2D eigenvalue weighted by atomic mass is 35.5. The van der Waals surface area contributed by atoms with E-state index in [1.807, 2.05) is 6.07 Å². The van der Waals surface area contributed by atoms with Gasteiger partial charge in [-0.05, 0) is 49.4 Å². The van der Waals surface area contributed by atoms with Gasteiger partial charge < -0.3 is 10.1 Å². The highest BCUT2D eigenvalue weighted by Gasteiger charge is 2.12. The molecule has 0 radical (unpaired) electrons. The minimum absolute atomic E-state index is 0.164. The van der Waals surface area contributed by atoms with Gasteiger partial charge in [0.1, 0.15) is 11.8 Å². The van der Waals surface area contributed by atoms with Gasteiger partial charge in [-0.2, -0.15) is 0 Å². The van der Waals surface area contributed by atoms with E-state index < -0.39 is 5.82 Å². The molecule has 0 aliphatic heterocycles. The molecular weight excluding hydrogens is 343 g/mol. The summed E-state index contributed by atoms with van der Waals surface area (Å²) in [6.45, 7) is 1.96. The van der Waals surface area contributed by atoms with E-state index >= 15 is 0 Å². The van der Waals surface area contributed by atoms with Crippen LogP contribution in [-0.4, -0.2) is 23.5 Å². The van der Waals surface area contributed by atoms with Crippen molar-refractivity contribution in [3.8, 4) is 5.75 Å². The van der Waals surface area contributed by atoms with Crippen LogP contribution in [0.25, 0.3) is 10.9 Å². The topological polar surface area (TPSA) is 51.2 Å². The summed E-state index contributed by atoms with van der Waals surface area (Å²) in [7, 11) is 0. The number of para-hydroxylation sites is 1. The number of pyridine rings is 1. The van der Waals surface area contributed by atoms with Gasteiger partial charge in [0.05, 0.1) is 11.6 Å². The minimum Gasteiger partial charge on any atom is -0.488 e. The van der Waals surface area contributed by atoms with Crippen LogP contribution in [0.3, 0.4) is 0 Å². The summed E-state index contributed by atoms with van der Waals surface area (Å²) in [5.74, 6) is -0.500. The van der Waals surface area contributed by atoms with E-state index in [0.29, 0.717) is 10.7 Å². The molecule has 0 aliphatic rings. The normalized spacial score (nSPS) is 12.0. The Morgan fingerprint density at radius 3 is 2.84 bits per heavy atom. The number of fused-ring (bicyclic) bond motifs is 1. The van der Waals surface area contributed by atoms with E-state index in [1.165, 1.54) is 6.07 Å². The van der Waals surface area contributed by atoms with Gasteiger partial charge in [0.25, 0.3) is 5.91 Å². The quantitative estimate of drug-likeness (QED) is 0.694. The number of carbonyl (C=O) groups excluding carboxylic acids is 1. The number of hydrogen-bond acceptors (Lipinski definition) is 3. The minimum atomic E-state index is -0.429. The highest BCUT2D eigenvalue weighted by molar-refractivity contribution is 6.29. The summed E-state index contributed by atoms with van der Waals surface area (Å²) in [4.78, 5) is 16.5. The van der Waals surface area contributed by atoms with Crippen LogP contribution in [0.2, 0.25) is 5.15 Å². The van der Waals surface area contributed by atoms with E-state index in [1.54, 1.807) is 49.4 Å². The highest BCUT2D eigenvalue weighted by Crippen LogP contribution is 2.18. The lowest BCUT2D eigenvalue weighted by Gasteiger charge is -2.15. The molecule has 25 heavy (non-hydrogen) atoms. The third kappa shape index (κ3) is 4.25. The summed E-state index contributed by atoms with van der Waals surface area (Å²) < 4.78 is 18.9. The van der Waals surface area contributed by atoms with Gasteiger partial charge in [-0.3, -0.25) is 4.79 Å². The Balaban J connectivity index is 1.63. The zero-order valence-corrected chi connectivity index (χ0v) is 14.3. The molecule has 2 aromatic carbocycles. The average Bonchev–Trinajstić information content (AvgIpc) is 2.60. The molecule has 0 fully saturated rings. The molecule has 0 aliphatic carbocycles. The molecule has 1 aromatic heterocycles. The van der Waals surface area contributed by atoms with Crippen LogP contribution in [0.4, 0.5) is 4.39 Å². The zero-order chi connectivity index (χ0) is 17.8. The molecule has 3 rings (SSSR count). The second-order valence-electron chi connectivity index (χ2n) is 5.66. The number of rotatable bonds is 5. The van der Waals surface area contributed by atoms with E-state index in [-0.39, 0.29) is 24.3 Å². The van der Waals surface area contributed by atoms with Crippen LogP contribution >= 0.6 is 11.6 Å². The number of amides is 1. The summed E-state index contributed by atoms with van der Waals surface area (Å²) in [6, 6.07) is 14.5. The van der Waals surface area contributed by atoms with Gasteiger partial charge >= 0.3 is 0 Å². The first-order valence-corrected chi connectivity index (χ1v) is 8.15. The third-order valence-corrected chi connectivity index (χ3v) is 3.83. The zero-order valence-electron chi connectivity index (χ0n) is 13.5. The molecule has 1 heterocycles. The molecule has 128 valence electrons. The fourth-order valence-electron chi connectivity index (χ4n) is 2.37. The molecule has 1 N–H and O–H groups in total. The van der Waals surface area contributed by atoms with Gasteiger partial charge in [0, 0.05) is 10.9 Å². The molecule has 0 saturated carbocycles. The largest absolute Gasteiger partial charge is 0.488 e. The van der Waals surface area contributed by atoms with Gasteiger partial charge in [-0.1, -0.05) is 23.7 Å². The molecule has 6 heteroatoms. The number of hydrogen-bond donors (Lipinski definition) is 1. The molecule has 0 spiro atoms. The summed E-state index contributed by atoms with van der Waals surface area (Å²) in [5.41, 5.74) is 1.23. The van der Waals surface area contributed by atoms with E-state index in [9.17, 15) is 9.18 Å². The van der Waals surface area contributed by atoms with Gasteiger partial charge in [0.15, 0.2) is 11.6 Å². The van der Waals surface area contributed by atoms with Gasteiger partial charge in [-0.25, -0.2) is 9.37 Å². The van der Waals surface area contributed by atoms with Crippen molar-refractivity contribution in [2.75, 3.05) is 6.61 Å². The Hall–Kier alpha value is -2.66. The number of halogens is 2. The molecule has 0 bridgehead atoms. The Morgan fingerprint density at radius 2 is 2.04 bits per heavy atom. The van der Waals surface area contributed by atoms with Crippen LogP contribution < -0.4 is 10.1 Å². The Kier molecular flexibility index (Phi) is 5.14. The van der Waals surface area contributed by atoms with E-state index in [0.717, 1.165) is 10.9 Å². The van der Waals surface area contributed by atoms with Gasteiger partial charge in [0.2, 0.25) is 0 Å². The number of aromatic nitrogens is 1. The molecule has 4 nitrogen and oxygen atoms in total. The smallest absolute Gasteiger partial charge is 0.251 e. The lowest BCUT2D eigenvalue weighted by atomic mass is 10.1. The predicted octanol–water partition coefficient (Wildman–Crippen LogP) is 4.22. The number of nitrogens with zero attached hydrogens (tertiary/aromatic N) is 1. The van der Waals surface area contributed by atoms with E-state index in [4.69, 9.17) is 16.3 Å². The Bertz CT molecular complexity index is 917. The fraction of sp³-hybridized carbons (Fsp3) is 0.158. The fourth-order valence-corrected chi connectivity index (χ4v) is 2.52. The summed E-state index contributed by atoms with van der Waals surface area (Å²) in [6.07, 6.45) is 0. The number of carbonyl (C=O) groups is 1. The van der Waals surface area contributed by atoms with Crippen molar-refractivity contribution in [1.29, 1.82) is 0 Å². The van der Waals surface area contributed by atoms with Crippen LogP contribution in [0.5, 0.6) is 5.75 Å². The van der Waals surface area contributed by atoms with Crippen molar-refractivity contribution < 1.29 is 13.9 Å². The van der Waals surface area contributed by atoms with Crippen LogP contribution in [-0.2, 0) is 0 Å². The predicted molar refractivity (Wildman–Crippen MR) is 95.6 cm³/mol. The molecule has 0 saturated heterocycles.